The van der Waals surface area contributed by atoms with Gasteiger partial charge in [0.2, 0.25) is 0 Å². The number of hydrogen-bond acceptors (Lipinski definition) is 3. The Labute approximate surface area is 139 Å². The molecule has 2 N–H and O–H groups in total. The van der Waals surface area contributed by atoms with E-state index in [4.69, 9.17) is 4.74 Å². The molecule has 0 aliphatic carbocycles. The smallest absolute Gasteiger partial charge is 0.251 e. The molecule has 1 aromatic carbocycles. The van der Waals surface area contributed by atoms with Crippen LogP contribution < -0.4 is 10.6 Å². The zero-order chi connectivity index (χ0) is 15.3. The van der Waals surface area contributed by atoms with Crippen molar-refractivity contribution in [1.29, 1.82) is 0 Å². The largest absolute Gasteiger partial charge is 0.384 e. The van der Waals surface area contributed by atoms with Crippen molar-refractivity contribution in [3.05, 3.63) is 34.9 Å². The minimum atomic E-state index is 0. The maximum absolute atomic E-state index is 12.3. The number of halogens is 1. The topological polar surface area (TPSA) is 50.4 Å². The van der Waals surface area contributed by atoms with Crippen LogP contribution in [-0.4, -0.2) is 39.3 Å². The van der Waals surface area contributed by atoms with E-state index < -0.39 is 0 Å². The lowest BCUT2D eigenvalue weighted by atomic mass is 9.79. The monoisotopic (exact) mass is 326 g/mol. The van der Waals surface area contributed by atoms with E-state index >= 15 is 0 Å². The molecule has 0 radical (unpaired) electrons. The Bertz CT molecular complexity index is 494. The van der Waals surface area contributed by atoms with Gasteiger partial charge < -0.3 is 15.4 Å². The normalized spacial score (nSPS) is 16.7. The minimum absolute atomic E-state index is 0. The Morgan fingerprint density at radius 3 is 2.55 bits per heavy atom. The van der Waals surface area contributed by atoms with Gasteiger partial charge in [0.25, 0.3) is 5.91 Å². The molecule has 1 fully saturated rings. The van der Waals surface area contributed by atoms with Gasteiger partial charge >= 0.3 is 0 Å². The molecule has 5 heteroatoms. The van der Waals surface area contributed by atoms with Crippen LogP contribution in [-0.2, 0) is 4.74 Å². The van der Waals surface area contributed by atoms with E-state index in [2.05, 4.69) is 17.6 Å². The number of hydrogen-bond donors (Lipinski definition) is 2. The maximum Gasteiger partial charge on any atom is 0.251 e. The van der Waals surface area contributed by atoms with Crippen molar-refractivity contribution in [2.45, 2.75) is 26.7 Å². The molecular weight excluding hydrogens is 300 g/mol. The number of amides is 1. The standard InChI is InChI=1S/C17H26N2O2.ClH/c1-13-4-5-15(10-14(13)2)16(20)19-11-17(12-21-3)6-8-18-9-7-17;/h4-5,10,18H,6-9,11-12H2,1-3H3,(H,19,20);1H. The quantitative estimate of drug-likeness (QED) is 0.874. The van der Waals surface area contributed by atoms with Crippen LogP contribution in [0.5, 0.6) is 0 Å². The third-order valence-corrected chi connectivity index (χ3v) is 4.51. The summed E-state index contributed by atoms with van der Waals surface area (Å²) in [6.45, 7) is 7.44. The first-order chi connectivity index (χ1) is 10.1. The summed E-state index contributed by atoms with van der Waals surface area (Å²) in [4.78, 5) is 12.3. The summed E-state index contributed by atoms with van der Waals surface area (Å²) in [7, 11) is 1.73. The zero-order valence-corrected chi connectivity index (χ0v) is 14.5. The molecule has 0 aromatic heterocycles. The van der Waals surface area contributed by atoms with E-state index in [-0.39, 0.29) is 23.7 Å². The second-order valence-corrected chi connectivity index (χ2v) is 6.16. The van der Waals surface area contributed by atoms with Crippen molar-refractivity contribution in [3.63, 3.8) is 0 Å². The molecule has 4 nitrogen and oxygen atoms in total. The highest BCUT2D eigenvalue weighted by Crippen LogP contribution is 2.28. The molecule has 1 aliphatic heterocycles. The van der Waals surface area contributed by atoms with E-state index in [1.165, 1.54) is 5.56 Å². The van der Waals surface area contributed by atoms with Crippen LogP contribution in [0.15, 0.2) is 18.2 Å². The van der Waals surface area contributed by atoms with E-state index in [1.54, 1.807) is 7.11 Å². The number of carbonyl (C=O) groups excluding carboxylic acids is 1. The van der Waals surface area contributed by atoms with Gasteiger partial charge in [0.15, 0.2) is 0 Å². The van der Waals surface area contributed by atoms with Crippen molar-refractivity contribution >= 4 is 18.3 Å². The fourth-order valence-electron chi connectivity index (χ4n) is 2.89. The lowest BCUT2D eigenvalue weighted by molar-refractivity contribution is 0.0511. The molecule has 1 amide bonds. The Hall–Kier alpha value is -1.10. The second kappa shape index (κ2) is 8.51. The third kappa shape index (κ3) is 4.70. The molecule has 22 heavy (non-hydrogen) atoms. The summed E-state index contributed by atoms with van der Waals surface area (Å²) in [6.07, 6.45) is 2.07. The van der Waals surface area contributed by atoms with Gasteiger partial charge in [-0.25, -0.2) is 0 Å². The van der Waals surface area contributed by atoms with Crippen LogP contribution in [0.2, 0.25) is 0 Å². The molecule has 2 rings (SSSR count). The number of aryl methyl sites for hydroxylation is 2. The van der Waals surface area contributed by atoms with Crippen LogP contribution >= 0.6 is 12.4 Å². The SMILES string of the molecule is COCC1(CNC(=O)c2ccc(C)c(C)c2)CCNCC1.Cl. The Balaban J connectivity index is 0.00000242. The average Bonchev–Trinajstić information content (AvgIpc) is 2.49. The summed E-state index contributed by atoms with van der Waals surface area (Å²) < 4.78 is 5.38. The highest BCUT2D eigenvalue weighted by atomic mass is 35.5. The van der Waals surface area contributed by atoms with Gasteiger partial charge in [-0.2, -0.15) is 0 Å². The highest BCUT2D eigenvalue weighted by Gasteiger charge is 2.32. The Morgan fingerprint density at radius 2 is 1.95 bits per heavy atom. The van der Waals surface area contributed by atoms with E-state index in [0.717, 1.165) is 37.1 Å². The number of ether oxygens (including phenoxy) is 1. The van der Waals surface area contributed by atoms with Gasteiger partial charge in [-0.15, -0.1) is 12.4 Å². The molecule has 1 aromatic rings. The van der Waals surface area contributed by atoms with Crippen LogP contribution in [0, 0.1) is 19.3 Å². The fraction of sp³-hybridized carbons (Fsp3) is 0.588. The molecular formula is C17H27ClN2O2. The number of rotatable bonds is 5. The first-order valence-corrected chi connectivity index (χ1v) is 7.61. The lowest BCUT2D eigenvalue weighted by Gasteiger charge is -2.37. The van der Waals surface area contributed by atoms with Gasteiger partial charge in [0.05, 0.1) is 6.61 Å². The number of methoxy groups -OCH3 is 1. The van der Waals surface area contributed by atoms with Crippen molar-refractivity contribution in [2.75, 3.05) is 33.4 Å². The average molecular weight is 327 g/mol. The van der Waals surface area contributed by atoms with Gasteiger partial charge in [0.1, 0.15) is 0 Å². The van der Waals surface area contributed by atoms with Gasteiger partial charge in [-0.3, -0.25) is 4.79 Å². The van der Waals surface area contributed by atoms with E-state index in [0.29, 0.717) is 13.2 Å². The van der Waals surface area contributed by atoms with Crippen LogP contribution in [0.25, 0.3) is 0 Å². The summed E-state index contributed by atoms with van der Waals surface area (Å²) in [6, 6.07) is 5.85. The van der Waals surface area contributed by atoms with E-state index in [9.17, 15) is 4.79 Å². The number of carbonyl (C=O) groups is 1. The van der Waals surface area contributed by atoms with Gasteiger partial charge in [0, 0.05) is 24.6 Å². The summed E-state index contributed by atoms with van der Waals surface area (Å²) in [5.74, 6) is 0.00658. The van der Waals surface area contributed by atoms with Crippen molar-refractivity contribution in [3.8, 4) is 0 Å². The maximum atomic E-state index is 12.3. The first-order valence-electron chi connectivity index (χ1n) is 7.61. The predicted molar refractivity (Wildman–Crippen MR) is 91.9 cm³/mol. The molecule has 0 spiro atoms. The second-order valence-electron chi connectivity index (χ2n) is 6.16. The number of piperidine rings is 1. The molecule has 0 saturated carbocycles. The lowest BCUT2D eigenvalue weighted by Crippen LogP contribution is -2.47. The molecule has 0 bridgehead atoms. The minimum Gasteiger partial charge on any atom is -0.384 e. The molecule has 1 saturated heterocycles. The Morgan fingerprint density at radius 1 is 1.27 bits per heavy atom. The van der Waals surface area contributed by atoms with Crippen LogP contribution in [0.1, 0.15) is 34.3 Å². The van der Waals surface area contributed by atoms with Gasteiger partial charge in [-0.05, 0) is 63.0 Å². The van der Waals surface area contributed by atoms with E-state index in [1.807, 2.05) is 25.1 Å². The van der Waals surface area contributed by atoms with Crippen molar-refractivity contribution in [1.82, 2.24) is 10.6 Å². The van der Waals surface area contributed by atoms with Gasteiger partial charge in [-0.1, -0.05) is 6.07 Å². The third-order valence-electron chi connectivity index (χ3n) is 4.51. The molecule has 0 unspecified atom stereocenters. The molecule has 0 atom stereocenters. The summed E-state index contributed by atoms with van der Waals surface area (Å²) in [5, 5.41) is 6.46. The molecule has 124 valence electrons. The van der Waals surface area contributed by atoms with Crippen LogP contribution in [0.4, 0.5) is 0 Å². The highest BCUT2D eigenvalue weighted by molar-refractivity contribution is 5.94. The molecule has 1 aliphatic rings. The number of nitrogens with one attached hydrogen (secondary N) is 2. The summed E-state index contributed by atoms with van der Waals surface area (Å²) in [5.41, 5.74) is 3.16. The first kappa shape index (κ1) is 18.9. The van der Waals surface area contributed by atoms with Crippen LogP contribution in [0.3, 0.4) is 0 Å². The van der Waals surface area contributed by atoms with Crippen molar-refractivity contribution in [2.24, 2.45) is 5.41 Å². The molecule has 1 heterocycles. The van der Waals surface area contributed by atoms with Crippen molar-refractivity contribution < 1.29 is 9.53 Å². The zero-order valence-electron chi connectivity index (χ0n) is 13.7. The predicted octanol–water partition coefficient (Wildman–Crippen LogP) is 2.47. The number of benzene rings is 1. The fourth-order valence-corrected chi connectivity index (χ4v) is 2.89. The summed E-state index contributed by atoms with van der Waals surface area (Å²) >= 11 is 0. The Kier molecular flexibility index (Phi) is 7.33.